The van der Waals surface area contributed by atoms with E-state index in [9.17, 15) is 0 Å². The van der Waals surface area contributed by atoms with Gasteiger partial charge in [-0.1, -0.05) is 12.1 Å². The lowest BCUT2D eigenvalue weighted by atomic mass is 10.2. The lowest BCUT2D eigenvalue weighted by Crippen LogP contribution is -1.90. The van der Waals surface area contributed by atoms with Crippen LogP contribution in [0, 0.1) is 11.3 Å². The first-order chi connectivity index (χ1) is 9.88. The second-order valence-electron chi connectivity index (χ2n) is 4.22. The predicted molar refractivity (Wildman–Crippen MR) is 75.6 cm³/mol. The third kappa shape index (κ3) is 2.27. The summed E-state index contributed by atoms with van der Waals surface area (Å²) in [5.74, 6) is 0. The summed E-state index contributed by atoms with van der Waals surface area (Å²) in [7, 11) is 0. The van der Waals surface area contributed by atoms with Crippen molar-refractivity contribution in [1.29, 1.82) is 5.26 Å². The van der Waals surface area contributed by atoms with Crippen molar-refractivity contribution < 1.29 is 0 Å². The molecule has 20 heavy (non-hydrogen) atoms. The van der Waals surface area contributed by atoms with E-state index in [4.69, 9.17) is 5.26 Å². The van der Waals surface area contributed by atoms with Gasteiger partial charge < -0.3 is 4.98 Å². The molecule has 0 aliphatic rings. The van der Waals surface area contributed by atoms with E-state index in [0.717, 1.165) is 28.1 Å². The zero-order chi connectivity index (χ0) is 13.8. The molecule has 0 radical (unpaired) electrons. The third-order valence-electron chi connectivity index (χ3n) is 2.92. The van der Waals surface area contributed by atoms with Crippen molar-refractivity contribution in [3.05, 3.63) is 54.5 Å². The number of aromatic nitrogens is 4. The predicted octanol–water partition coefficient (Wildman–Crippen LogP) is 2.64. The Bertz CT molecular complexity index is 796. The number of rotatable bonds is 3. The van der Waals surface area contributed by atoms with Gasteiger partial charge in [-0.25, -0.2) is 9.97 Å². The molecule has 0 atom stereocenters. The molecule has 0 fully saturated rings. The highest BCUT2D eigenvalue weighted by Crippen LogP contribution is 2.19. The fourth-order valence-electron chi connectivity index (χ4n) is 1.97. The highest BCUT2D eigenvalue weighted by Gasteiger charge is 2.08. The first kappa shape index (κ1) is 12.1. The number of hydrogen-bond donors (Lipinski definition) is 1. The van der Waals surface area contributed by atoms with Gasteiger partial charge in [-0.15, -0.1) is 0 Å². The van der Waals surface area contributed by atoms with Crippen LogP contribution in [-0.2, 0) is 6.42 Å². The van der Waals surface area contributed by atoms with E-state index >= 15 is 0 Å². The van der Waals surface area contributed by atoms with Crippen molar-refractivity contribution >= 4 is 11.2 Å². The summed E-state index contributed by atoms with van der Waals surface area (Å²) in [4.78, 5) is 16.3. The van der Waals surface area contributed by atoms with E-state index in [1.165, 1.54) is 6.08 Å². The molecule has 0 amide bonds. The maximum absolute atomic E-state index is 8.52. The fraction of sp³-hybridized carbons (Fsp3) is 0.0667. The Kier molecular flexibility index (Phi) is 3.21. The van der Waals surface area contributed by atoms with Gasteiger partial charge in [0.2, 0.25) is 0 Å². The van der Waals surface area contributed by atoms with Gasteiger partial charge in [0.1, 0.15) is 11.2 Å². The highest BCUT2D eigenvalue weighted by atomic mass is 14.9. The number of aromatic amines is 1. The molecule has 5 heteroatoms. The molecule has 0 unspecified atom stereocenters. The summed E-state index contributed by atoms with van der Waals surface area (Å²) in [6.07, 6.45) is 9.22. The summed E-state index contributed by atoms with van der Waals surface area (Å²) in [6, 6.07) is 7.66. The van der Waals surface area contributed by atoms with Crippen molar-refractivity contribution in [3.8, 4) is 17.5 Å². The van der Waals surface area contributed by atoms with Gasteiger partial charge in [-0.2, -0.15) is 5.26 Å². The monoisotopic (exact) mass is 261 g/mol. The molecule has 96 valence electrons. The van der Waals surface area contributed by atoms with Gasteiger partial charge in [-0.3, -0.25) is 4.98 Å². The molecule has 3 heterocycles. The van der Waals surface area contributed by atoms with Crippen molar-refractivity contribution in [2.24, 2.45) is 0 Å². The molecular weight excluding hydrogens is 250 g/mol. The lowest BCUT2D eigenvalue weighted by Gasteiger charge is -2.00. The van der Waals surface area contributed by atoms with Crippen LogP contribution in [-0.4, -0.2) is 19.9 Å². The zero-order valence-electron chi connectivity index (χ0n) is 10.6. The fourth-order valence-corrected chi connectivity index (χ4v) is 1.97. The van der Waals surface area contributed by atoms with E-state index < -0.39 is 0 Å². The topological polar surface area (TPSA) is 78.2 Å². The molecular formula is C15H11N5. The van der Waals surface area contributed by atoms with E-state index in [1.807, 2.05) is 30.5 Å². The molecule has 3 rings (SSSR count). The van der Waals surface area contributed by atoms with Crippen LogP contribution in [0.25, 0.3) is 22.6 Å². The van der Waals surface area contributed by atoms with E-state index in [-0.39, 0.29) is 0 Å². The van der Waals surface area contributed by atoms with Gasteiger partial charge in [-0.05, 0) is 18.6 Å². The molecule has 0 aliphatic heterocycles. The van der Waals surface area contributed by atoms with Gasteiger partial charge in [0.05, 0.1) is 18.0 Å². The molecule has 0 spiro atoms. The summed E-state index contributed by atoms with van der Waals surface area (Å²) in [6.45, 7) is 0. The van der Waals surface area contributed by atoms with Crippen LogP contribution in [0.2, 0.25) is 0 Å². The minimum atomic E-state index is 0.647. The number of pyridine rings is 1. The van der Waals surface area contributed by atoms with Crippen LogP contribution in [0.1, 0.15) is 5.56 Å². The average Bonchev–Trinajstić information content (AvgIpc) is 2.91. The molecule has 0 aliphatic carbocycles. The molecule has 0 bridgehead atoms. The Labute approximate surface area is 115 Å². The van der Waals surface area contributed by atoms with Crippen LogP contribution in [0.5, 0.6) is 0 Å². The van der Waals surface area contributed by atoms with E-state index in [2.05, 4.69) is 19.9 Å². The first-order valence-electron chi connectivity index (χ1n) is 6.17. The molecule has 0 saturated carbocycles. The number of nitriles is 1. The SMILES string of the molecule is N#CC=CCc1c[nH]c2ncc(-c3ccccn3)nc12. The number of H-pyrrole nitrogens is 1. The van der Waals surface area contributed by atoms with Crippen molar-refractivity contribution in [1.82, 2.24) is 19.9 Å². The van der Waals surface area contributed by atoms with Crippen molar-refractivity contribution in [2.45, 2.75) is 6.42 Å². The molecule has 0 aromatic carbocycles. The van der Waals surface area contributed by atoms with Crippen LogP contribution in [0.4, 0.5) is 0 Å². The largest absolute Gasteiger partial charge is 0.345 e. The Balaban J connectivity index is 2.04. The summed E-state index contributed by atoms with van der Waals surface area (Å²) in [5.41, 5.74) is 4.10. The maximum Gasteiger partial charge on any atom is 0.156 e. The minimum Gasteiger partial charge on any atom is -0.345 e. The van der Waals surface area contributed by atoms with Crippen LogP contribution >= 0.6 is 0 Å². The molecule has 3 aromatic heterocycles. The van der Waals surface area contributed by atoms with E-state index in [1.54, 1.807) is 18.5 Å². The lowest BCUT2D eigenvalue weighted by molar-refractivity contribution is 1.22. The minimum absolute atomic E-state index is 0.647. The highest BCUT2D eigenvalue weighted by molar-refractivity contribution is 5.77. The second kappa shape index (κ2) is 5.33. The Morgan fingerprint density at radius 1 is 1.25 bits per heavy atom. The van der Waals surface area contributed by atoms with Crippen molar-refractivity contribution in [3.63, 3.8) is 0 Å². The Morgan fingerprint density at radius 3 is 3.00 bits per heavy atom. The zero-order valence-corrected chi connectivity index (χ0v) is 10.6. The molecule has 0 saturated heterocycles. The average molecular weight is 261 g/mol. The number of nitrogens with one attached hydrogen (secondary N) is 1. The standard InChI is InChI=1S/C15H11N5/c16-7-3-1-5-11-9-18-15-14(11)20-13(10-19-15)12-6-2-4-8-17-12/h1-4,6,8-10H,5H2,(H,18,19). The third-order valence-corrected chi connectivity index (χ3v) is 2.92. The maximum atomic E-state index is 8.52. The van der Waals surface area contributed by atoms with Gasteiger partial charge in [0, 0.05) is 24.0 Å². The van der Waals surface area contributed by atoms with Crippen molar-refractivity contribution in [2.75, 3.05) is 0 Å². The Hall–Kier alpha value is -3.00. The van der Waals surface area contributed by atoms with Gasteiger partial charge in [0.15, 0.2) is 5.65 Å². The molecule has 5 nitrogen and oxygen atoms in total. The molecule has 3 aromatic rings. The second-order valence-corrected chi connectivity index (χ2v) is 4.22. The normalized spacial score (nSPS) is 10.9. The van der Waals surface area contributed by atoms with Crippen LogP contribution < -0.4 is 0 Å². The van der Waals surface area contributed by atoms with Gasteiger partial charge in [0.25, 0.3) is 0 Å². The number of nitrogens with zero attached hydrogens (tertiary/aromatic N) is 4. The number of hydrogen-bond acceptors (Lipinski definition) is 4. The summed E-state index contributed by atoms with van der Waals surface area (Å²) >= 11 is 0. The van der Waals surface area contributed by atoms with Gasteiger partial charge >= 0.3 is 0 Å². The number of fused-ring (bicyclic) bond motifs is 1. The van der Waals surface area contributed by atoms with Crippen LogP contribution in [0.3, 0.4) is 0 Å². The van der Waals surface area contributed by atoms with E-state index in [0.29, 0.717) is 6.42 Å². The number of allylic oxidation sites excluding steroid dienone is 2. The van der Waals surface area contributed by atoms with Crippen LogP contribution in [0.15, 0.2) is 48.9 Å². The smallest absolute Gasteiger partial charge is 0.156 e. The summed E-state index contributed by atoms with van der Waals surface area (Å²) < 4.78 is 0. The Morgan fingerprint density at radius 2 is 2.20 bits per heavy atom. The molecule has 1 N–H and O–H groups in total. The first-order valence-corrected chi connectivity index (χ1v) is 6.17. The quantitative estimate of drug-likeness (QED) is 0.735. The summed E-state index contributed by atoms with van der Waals surface area (Å²) in [5, 5.41) is 8.52.